The lowest BCUT2D eigenvalue weighted by atomic mass is 9.69. The van der Waals surface area contributed by atoms with Crippen molar-refractivity contribution in [3.8, 4) is 11.5 Å². The highest BCUT2D eigenvalue weighted by Crippen LogP contribution is 2.46. The molecule has 2 aliphatic rings. The number of Topliss-reactive ketones (excluding diaryl/α,β-unsaturated/α-hetero) is 1. The first-order chi connectivity index (χ1) is 15.1. The lowest BCUT2D eigenvalue weighted by Gasteiger charge is -2.38. The summed E-state index contributed by atoms with van der Waals surface area (Å²) < 4.78 is 15.5. The fourth-order valence-electron chi connectivity index (χ4n) is 4.45. The van der Waals surface area contributed by atoms with Gasteiger partial charge in [-0.2, -0.15) is 0 Å². The van der Waals surface area contributed by atoms with Gasteiger partial charge in [0.1, 0.15) is 5.92 Å². The molecule has 8 heteroatoms. The van der Waals surface area contributed by atoms with E-state index in [9.17, 15) is 19.5 Å². The summed E-state index contributed by atoms with van der Waals surface area (Å²) in [4.78, 5) is 39.1. The summed E-state index contributed by atoms with van der Waals surface area (Å²) in [6.45, 7) is 7.05. The second-order valence-corrected chi connectivity index (χ2v) is 8.42. The van der Waals surface area contributed by atoms with Crippen LogP contribution in [-0.2, 0) is 23.9 Å². The predicted molar refractivity (Wildman–Crippen MR) is 116 cm³/mol. The van der Waals surface area contributed by atoms with Crippen molar-refractivity contribution in [3.05, 3.63) is 46.3 Å². The Morgan fingerprint density at radius 1 is 1.22 bits per heavy atom. The van der Waals surface area contributed by atoms with Crippen LogP contribution in [0.25, 0.3) is 0 Å². The molecule has 8 nitrogen and oxygen atoms in total. The lowest BCUT2D eigenvalue weighted by Crippen LogP contribution is -2.43. The van der Waals surface area contributed by atoms with Crippen molar-refractivity contribution in [1.82, 2.24) is 5.32 Å². The van der Waals surface area contributed by atoms with Crippen LogP contribution >= 0.6 is 0 Å². The van der Waals surface area contributed by atoms with E-state index < -0.39 is 29.6 Å². The number of methoxy groups -OCH3 is 2. The number of dihydropyridines is 1. The molecule has 0 bridgehead atoms. The Hall–Kier alpha value is -3.29. The minimum Gasteiger partial charge on any atom is -0.504 e. The van der Waals surface area contributed by atoms with E-state index in [2.05, 4.69) is 5.32 Å². The molecule has 0 saturated heterocycles. The first-order valence-corrected chi connectivity index (χ1v) is 10.5. The van der Waals surface area contributed by atoms with Gasteiger partial charge < -0.3 is 24.6 Å². The number of carbonyl (C=O) groups excluding carboxylic acids is 3. The van der Waals surface area contributed by atoms with Crippen molar-refractivity contribution < 1.29 is 33.7 Å². The number of allylic oxidation sites excluding steroid dienone is 3. The molecule has 0 fully saturated rings. The quantitative estimate of drug-likeness (QED) is 0.528. The average molecular weight is 443 g/mol. The molecule has 3 rings (SSSR count). The summed E-state index contributed by atoms with van der Waals surface area (Å²) in [7, 11) is 2.68. The summed E-state index contributed by atoms with van der Waals surface area (Å²) in [5, 5.41) is 13.6. The monoisotopic (exact) mass is 443 g/mol. The fraction of sp³-hybridized carbons (Fsp3) is 0.458. The molecule has 0 aromatic heterocycles. The van der Waals surface area contributed by atoms with E-state index in [1.165, 1.54) is 20.3 Å². The van der Waals surface area contributed by atoms with Gasteiger partial charge in [-0.3, -0.25) is 9.59 Å². The minimum absolute atomic E-state index is 0.124. The van der Waals surface area contributed by atoms with E-state index in [0.29, 0.717) is 29.0 Å². The third kappa shape index (κ3) is 4.09. The molecule has 0 unspecified atom stereocenters. The first kappa shape index (κ1) is 23.4. The molecule has 2 N–H and O–H groups in total. The van der Waals surface area contributed by atoms with Crippen LogP contribution < -0.4 is 10.1 Å². The van der Waals surface area contributed by atoms with Gasteiger partial charge in [-0.25, -0.2) is 4.79 Å². The third-order valence-corrected chi connectivity index (χ3v) is 5.84. The number of nitrogens with one attached hydrogen (secondary N) is 1. The number of hydrogen-bond donors (Lipinski definition) is 2. The molecule has 1 aliphatic heterocycles. The number of carbonyl (C=O) groups is 3. The van der Waals surface area contributed by atoms with Crippen LogP contribution in [0.2, 0.25) is 0 Å². The zero-order chi connectivity index (χ0) is 23.7. The van der Waals surface area contributed by atoms with Gasteiger partial charge in [0, 0.05) is 22.9 Å². The summed E-state index contributed by atoms with van der Waals surface area (Å²) in [6, 6.07) is 4.72. The average Bonchev–Trinajstić information content (AvgIpc) is 2.71. The zero-order valence-electron chi connectivity index (χ0n) is 19.1. The molecule has 1 aromatic rings. The van der Waals surface area contributed by atoms with E-state index in [1.807, 2.05) is 6.92 Å². The second kappa shape index (κ2) is 9.06. The Kier molecular flexibility index (Phi) is 6.62. The van der Waals surface area contributed by atoms with Crippen molar-refractivity contribution in [2.75, 3.05) is 14.2 Å². The van der Waals surface area contributed by atoms with Crippen LogP contribution in [0.4, 0.5) is 0 Å². The normalized spacial score (nSPS) is 23.0. The number of aromatic hydroxyl groups is 1. The minimum atomic E-state index is -0.976. The van der Waals surface area contributed by atoms with Gasteiger partial charge in [-0.1, -0.05) is 13.0 Å². The number of phenolic OH excluding ortho intramolecular Hbond substituents is 1. The summed E-state index contributed by atoms with van der Waals surface area (Å²) in [6.07, 6.45) is 0.0663. The van der Waals surface area contributed by atoms with Crippen molar-refractivity contribution in [1.29, 1.82) is 0 Å². The number of rotatable bonds is 5. The Labute approximate surface area is 187 Å². The van der Waals surface area contributed by atoms with Crippen molar-refractivity contribution in [3.63, 3.8) is 0 Å². The molecule has 1 aliphatic carbocycles. The molecule has 3 atom stereocenters. The van der Waals surface area contributed by atoms with Crippen LogP contribution in [-0.4, -0.2) is 43.2 Å². The largest absolute Gasteiger partial charge is 0.504 e. The molecule has 1 heterocycles. The van der Waals surface area contributed by atoms with E-state index in [-0.39, 0.29) is 29.1 Å². The van der Waals surface area contributed by atoms with Crippen molar-refractivity contribution in [2.45, 2.75) is 46.1 Å². The van der Waals surface area contributed by atoms with Gasteiger partial charge in [-0.05, 0) is 50.8 Å². The highest BCUT2D eigenvalue weighted by Gasteiger charge is 2.47. The maximum absolute atomic E-state index is 13.6. The van der Waals surface area contributed by atoms with Gasteiger partial charge >= 0.3 is 11.9 Å². The SMILES string of the molecule is COC(=O)[C@@H]1C(=O)C2=C(C[C@H]1C)NC(C)=C(C(=O)OC(C)C)[C@H]2c1ccc(OC)c(O)c1. The molecular formula is C24H29NO7. The second-order valence-electron chi connectivity index (χ2n) is 8.42. The predicted octanol–water partition coefficient (Wildman–Crippen LogP) is 2.97. The van der Waals surface area contributed by atoms with Gasteiger partial charge in [0.05, 0.1) is 25.9 Å². The highest BCUT2D eigenvalue weighted by atomic mass is 16.5. The van der Waals surface area contributed by atoms with E-state index >= 15 is 0 Å². The number of ether oxygens (including phenoxy) is 3. The van der Waals surface area contributed by atoms with E-state index in [1.54, 1.807) is 32.9 Å². The first-order valence-electron chi connectivity index (χ1n) is 10.5. The smallest absolute Gasteiger partial charge is 0.337 e. The number of esters is 2. The van der Waals surface area contributed by atoms with Crippen LogP contribution in [0, 0.1) is 11.8 Å². The Morgan fingerprint density at radius 2 is 1.91 bits per heavy atom. The highest BCUT2D eigenvalue weighted by molar-refractivity contribution is 6.12. The Bertz CT molecular complexity index is 1020. The van der Waals surface area contributed by atoms with Gasteiger partial charge in [0.2, 0.25) is 0 Å². The Balaban J connectivity index is 2.21. The van der Waals surface area contributed by atoms with E-state index in [4.69, 9.17) is 14.2 Å². The lowest BCUT2D eigenvalue weighted by molar-refractivity contribution is -0.151. The van der Waals surface area contributed by atoms with Crippen LogP contribution in [0.5, 0.6) is 11.5 Å². The topological polar surface area (TPSA) is 111 Å². The molecule has 0 saturated carbocycles. The maximum atomic E-state index is 13.6. The standard InChI is InChI=1S/C24H29NO7/c1-11(2)32-24(29)19-13(4)25-15-9-12(3)18(23(28)31-6)22(27)21(15)20(19)14-7-8-17(30-5)16(26)10-14/h7-8,10-12,18,20,25-26H,9H2,1-6H3/t12-,18+,20-/m1/s1. The van der Waals surface area contributed by atoms with Crippen LogP contribution in [0.15, 0.2) is 40.7 Å². The van der Waals surface area contributed by atoms with Gasteiger partial charge in [0.25, 0.3) is 0 Å². The number of phenols is 1. The third-order valence-electron chi connectivity index (χ3n) is 5.84. The summed E-state index contributed by atoms with van der Waals surface area (Å²) in [5.74, 6) is -3.51. The number of ketones is 1. The molecule has 0 spiro atoms. The fourth-order valence-corrected chi connectivity index (χ4v) is 4.45. The summed E-state index contributed by atoms with van der Waals surface area (Å²) >= 11 is 0. The van der Waals surface area contributed by atoms with Crippen molar-refractivity contribution in [2.24, 2.45) is 11.8 Å². The molecule has 0 radical (unpaired) electrons. The van der Waals surface area contributed by atoms with E-state index in [0.717, 1.165) is 0 Å². The molecule has 172 valence electrons. The molecular weight excluding hydrogens is 414 g/mol. The maximum Gasteiger partial charge on any atom is 0.337 e. The van der Waals surface area contributed by atoms with Gasteiger partial charge in [0.15, 0.2) is 17.3 Å². The Morgan fingerprint density at radius 3 is 2.47 bits per heavy atom. The van der Waals surface area contributed by atoms with Crippen LogP contribution in [0.1, 0.15) is 45.6 Å². The molecule has 1 aromatic carbocycles. The zero-order valence-corrected chi connectivity index (χ0v) is 19.1. The van der Waals surface area contributed by atoms with Crippen molar-refractivity contribution >= 4 is 17.7 Å². The molecule has 0 amide bonds. The molecule has 32 heavy (non-hydrogen) atoms. The number of benzene rings is 1. The van der Waals surface area contributed by atoms with Crippen LogP contribution in [0.3, 0.4) is 0 Å². The number of hydrogen-bond acceptors (Lipinski definition) is 8. The van der Waals surface area contributed by atoms with Gasteiger partial charge in [-0.15, -0.1) is 0 Å². The summed E-state index contributed by atoms with van der Waals surface area (Å²) in [5.41, 5.74) is 2.30.